The van der Waals surface area contributed by atoms with Crippen LogP contribution in [0.4, 0.5) is 5.82 Å². The molecule has 0 bridgehead atoms. The van der Waals surface area contributed by atoms with Crippen LogP contribution in [0.1, 0.15) is 37.1 Å². The van der Waals surface area contributed by atoms with Gasteiger partial charge in [-0.05, 0) is 12.8 Å². The Bertz CT molecular complexity index is 739. The van der Waals surface area contributed by atoms with Gasteiger partial charge in [0.05, 0.1) is 37.3 Å². The number of ether oxygens (including phenoxy) is 1. The van der Waals surface area contributed by atoms with Crippen LogP contribution >= 0.6 is 0 Å². The van der Waals surface area contributed by atoms with Crippen molar-refractivity contribution in [3.63, 3.8) is 0 Å². The lowest BCUT2D eigenvalue weighted by Crippen LogP contribution is -2.53. The molecule has 1 saturated carbocycles. The average molecular weight is 415 g/mol. The number of amides is 1. The molecular formula is C22H34N6O2. The summed E-state index contributed by atoms with van der Waals surface area (Å²) >= 11 is 0. The van der Waals surface area contributed by atoms with Gasteiger partial charge >= 0.3 is 0 Å². The molecule has 2 saturated heterocycles. The Kier molecular flexibility index (Phi) is 6.15. The zero-order chi connectivity index (χ0) is 20.3. The van der Waals surface area contributed by atoms with E-state index in [1.54, 1.807) is 0 Å². The molecule has 0 N–H and O–H groups in total. The molecule has 8 nitrogen and oxygen atoms in total. The van der Waals surface area contributed by atoms with Crippen molar-refractivity contribution in [2.45, 2.75) is 44.7 Å². The van der Waals surface area contributed by atoms with Crippen molar-refractivity contribution in [3.05, 3.63) is 17.6 Å². The van der Waals surface area contributed by atoms with Crippen molar-refractivity contribution in [3.8, 4) is 0 Å². The molecule has 5 rings (SSSR count). The van der Waals surface area contributed by atoms with Gasteiger partial charge in [0.1, 0.15) is 5.82 Å². The van der Waals surface area contributed by atoms with Crippen LogP contribution in [-0.4, -0.2) is 102 Å². The molecule has 3 fully saturated rings. The standard InChI is InChI=1S/C22H34N6O2/c29-22(28-9-7-26(8-10-28)18-3-1-2-4-18)17-25-6-5-19-20(16-25)23-15-21(24-19)27-11-13-30-14-12-27/h15,18H,1-14,16-17H2. The maximum atomic E-state index is 12.9. The Morgan fingerprint density at radius 3 is 2.53 bits per heavy atom. The van der Waals surface area contributed by atoms with Crippen LogP contribution < -0.4 is 4.90 Å². The van der Waals surface area contributed by atoms with E-state index in [0.717, 1.165) is 95.2 Å². The third-order valence-electron chi connectivity index (χ3n) is 7.16. The largest absolute Gasteiger partial charge is 0.378 e. The van der Waals surface area contributed by atoms with Crippen LogP contribution in [-0.2, 0) is 22.5 Å². The predicted molar refractivity (Wildman–Crippen MR) is 114 cm³/mol. The topological polar surface area (TPSA) is 65.0 Å². The fourth-order valence-electron chi connectivity index (χ4n) is 5.31. The number of piperazine rings is 1. The number of anilines is 1. The summed E-state index contributed by atoms with van der Waals surface area (Å²) in [4.78, 5) is 31.6. The van der Waals surface area contributed by atoms with Crippen LogP contribution in [0.3, 0.4) is 0 Å². The zero-order valence-corrected chi connectivity index (χ0v) is 18.0. The number of hydrogen-bond acceptors (Lipinski definition) is 7. The van der Waals surface area contributed by atoms with Gasteiger partial charge in [-0.1, -0.05) is 12.8 Å². The third kappa shape index (κ3) is 4.45. The fraction of sp³-hybridized carbons (Fsp3) is 0.773. The molecule has 164 valence electrons. The minimum Gasteiger partial charge on any atom is -0.378 e. The maximum Gasteiger partial charge on any atom is 0.236 e. The van der Waals surface area contributed by atoms with E-state index in [-0.39, 0.29) is 5.91 Å². The molecule has 8 heteroatoms. The zero-order valence-electron chi connectivity index (χ0n) is 18.0. The molecule has 0 spiro atoms. The van der Waals surface area contributed by atoms with Gasteiger partial charge in [-0.2, -0.15) is 0 Å². The third-order valence-corrected chi connectivity index (χ3v) is 7.16. The molecule has 1 amide bonds. The van der Waals surface area contributed by atoms with Gasteiger partial charge in [0, 0.05) is 64.8 Å². The summed E-state index contributed by atoms with van der Waals surface area (Å²) in [5.41, 5.74) is 2.12. The lowest BCUT2D eigenvalue weighted by molar-refractivity contribution is -0.134. The van der Waals surface area contributed by atoms with E-state index in [4.69, 9.17) is 14.7 Å². The summed E-state index contributed by atoms with van der Waals surface area (Å²) in [7, 11) is 0. The Balaban J connectivity index is 1.12. The molecule has 3 aliphatic heterocycles. The highest BCUT2D eigenvalue weighted by atomic mass is 16.5. The second kappa shape index (κ2) is 9.16. The second-order valence-electron chi connectivity index (χ2n) is 9.04. The summed E-state index contributed by atoms with van der Waals surface area (Å²) in [6.45, 7) is 9.18. The number of rotatable bonds is 4. The molecule has 0 aromatic carbocycles. The normalized spacial score (nSPS) is 24.3. The maximum absolute atomic E-state index is 12.9. The predicted octanol–water partition coefficient (Wildman–Crippen LogP) is 0.758. The number of nitrogens with zero attached hydrogens (tertiary/aromatic N) is 6. The first-order valence-corrected chi connectivity index (χ1v) is 11.7. The van der Waals surface area contributed by atoms with E-state index in [1.807, 2.05) is 6.20 Å². The first-order valence-electron chi connectivity index (χ1n) is 11.7. The van der Waals surface area contributed by atoms with Crippen molar-refractivity contribution in [1.82, 2.24) is 24.7 Å². The molecule has 30 heavy (non-hydrogen) atoms. The summed E-state index contributed by atoms with van der Waals surface area (Å²) in [6.07, 6.45) is 8.18. The Morgan fingerprint density at radius 2 is 1.77 bits per heavy atom. The van der Waals surface area contributed by atoms with E-state index in [2.05, 4.69) is 19.6 Å². The van der Waals surface area contributed by atoms with Gasteiger partial charge in [-0.3, -0.25) is 19.6 Å². The number of aromatic nitrogens is 2. The van der Waals surface area contributed by atoms with Crippen LogP contribution in [0.5, 0.6) is 0 Å². The molecule has 4 aliphatic rings. The van der Waals surface area contributed by atoms with Crippen LogP contribution in [0.15, 0.2) is 6.20 Å². The summed E-state index contributed by atoms with van der Waals surface area (Å²) in [5, 5.41) is 0. The van der Waals surface area contributed by atoms with Gasteiger partial charge < -0.3 is 14.5 Å². The van der Waals surface area contributed by atoms with Gasteiger partial charge in [0.15, 0.2) is 0 Å². The van der Waals surface area contributed by atoms with Gasteiger partial charge in [0.25, 0.3) is 0 Å². The minimum absolute atomic E-state index is 0.266. The molecule has 0 atom stereocenters. The SMILES string of the molecule is O=C(CN1CCc2nc(N3CCOCC3)cnc2C1)N1CCN(C2CCCC2)CC1. The molecule has 1 aliphatic carbocycles. The highest BCUT2D eigenvalue weighted by Gasteiger charge is 2.29. The number of morpholine rings is 1. The number of fused-ring (bicyclic) bond motifs is 1. The summed E-state index contributed by atoms with van der Waals surface area (Å²) in [5.74, 6) is 1.23. The van der Waals surface area contributed by atoms with Gasteiger partial charge in [-0.15, -0.1) is 0 Å². The van der Waals surface area contributed by atoms with Crippen molar-refractivity contribution in [1.29, 1.82) is 0 Å². The van der Waals surface area contributed by atoms with E-state index >= 15 is 0 Å². The van der Waals surface area contributed by atoms with E-state index in [9.17, 15) is 4.79 Å². The summed E-state index contributed by atoms with van der Waals surface area (Å²) < 4.78 is 5.43. The minimum atomic E-state index is 0.266. The van der Waals surface area contributed by atoms with Crippen molar-refractivity contribution < 1.29 is 9.53 Å². The van der Waals surface area contributed by atoms with Crippen LogP contribution in [0.25, 0.3) is 0 Å². The molecule has 1 aromatic rings. The Morgan fingerprint density at radius 1 is 1.00 bits per heavy atom. The Labute approximate surface area is 179 Å². The van der Waals surface area contributed by atoms with Crippen molar-refractivity contribution in [2.75, 3.05) is 70.5 Å². The molecule has 0 radical (unpaired) electrons. The highest BCUT2D eigenvalue weighted by molar-refractivity contribution is 5.78. The molecule has 4 heterocycles. The highest BCUT2D eigenvalue weighted by Crippen LogP contribution is 2.24. The lowest BCUT2D eigenvalue weighted by atomic mass is 10.1. The summed E-state index contributed by atoms with van der Waals surface area (Å²) in [6, 6.07) is 0.766. The lowest BCUT2D eigenvalue weighted by Gasteiger charge is -2.39. The van der Waals surface area contributed by atoms with Gasteiger partial charge in [-0.25, -0.2) is 4.98 Å². The van der Waals surface area contributed by atoms with Crippen molar-refractivity contribution in [2.24, 2.45) is 0 Å². The van der Waals surface area contributed by atoms with Crippen LogP contribution in [0.2, 0.25) is 0 Å². The van der Waals surface area contributed by atoms with Gasteiger partial charge in [0.2, 0.25) is 5.91 Å². The number of hydrogen-bond donors (Lipinski definition) is 0. The van der Waals surface area contributed by atoms with Crippen molar-refractivity contribution >= 4 is 11.7 Å². The van der Waals surface area contributed by atoms with E-state index in [1.165, 1.54) is 25.7 Å². The van der Waals surface area contributed by atoms with Crippen LogP contribution in [0, 0.1) is 0 Å². The smallest absolute Gasteiger partial charge is 0.236 e. The Hall–Kier alpha value is -1.77. The van der Waals surface area contributed by atoms with E-state index < -0.39 is 0 Å². The monoisotopic (exact) mass is 414 g/mol. The first-order chi connectivity index (χ1) is 14.8. The molecular weight excluding hydrogens is 380 g/mol. The number of carbonyl (C=O) groups is 1. The quantitative estimate of drug-likeness (QED) is 0.721. The second-order valence-corrected chi connectivity index (χ2v) is 9.04. The number of carbonyl (C=O) groups excluding carboxylic acids is 1. The molecule has 0 unspecified atom stereocenters. The van der Waals surface area contributed by atoms with E-state index in [0.29, 0.717) is 6.54 Å². The fourth-order valence-corrected chi connectivity index (χ4v) is 5.31. The average Bonchev–Trinajstić information content (AvgIpc) is 3.34. The first kappa shape index (κ1) is 20.2. The molecule has 1 aromatic heterocycles.